The molecule has 3 heterocycles. The SMILES string of the molecule is CCCNC(=O)N1CCN(Cc2nc3cccnc3n2-c2ccc(OC)cc2)CC1. The fourth-order valence-electron chi connectivity index (χ4n) is 3.72. The zero-order valence-electron chi connectivity index (χ0n) is 17.5. The highest BCUT2D eigenvalue weighted by Gasteiger charge is 2.23. The molecule has 8 heteroatoms. The first kappa shape index (κ1) is 20.2. The van der Waals surface area contributed by atoms with E-state index in [1.54, 1.807) is 13.3 Å². The smallest absolute Gasteiger partial charge is 0.317 e. The summed E-state index contributed by atoms with van der Waals surface area (Å²) in [5, 5.41) is 2.96. The molecule has 4 rings (SSSR count). The fourth-order valence-corrected chi connectivity index (χ4v) is 3.72. The van der Waals surface area contributed by atoms with E-state index >= 15 is 0 Å². The molecule has 0 atom stereocenters. The van der Waals surface area contributed by atoms with Gasteiger partial charge in [-0.3, -0.25) is 9.47 Å². The van der Waals surface area contributed by atoms with Crippen molar-refractivity contribution in [3.63, 3.8) is 0 Å². The van der Waals surface area contributed by atoms with Gasteiger partial charge in [-0.15, -0.1) is 0 Å². The minimum absolute atomic E-state index is 0.0335. The molecule has 30 heavy (non-hydrogen) atoms. The van der Waals surface area contributed by atoms with Crippen molar-refractivity contribution in [2.75, 3.05) is 39.8 Å². The highest BCUT2D eigenvalue weighted by atomic mass is 16.5. The molecular formula is C22H28N6O2. The molecule has 0 radical (unpaired) electrons. The number of hydrogen-bond donors (Lipinski definition) is 1. The van der Waals surface area contributed by atoms with Gasteiger partial charge in [0.25, 0.3) is 0 Å². The Labute approximate surface area is 176 Å². The van der Waals surface area contributed by atoms with Crippen molar-refractivity contribution >= 4 is 17.2 Å². The molecular weight excluding hydrogens is 380 g/mol. The third kappa shape index (κ3) is 4.23. The van der Waals surface area contributed by atoms with Crippen molar-refractivity contribution in [1.82, 2.24) is 29.7 Å². The van der Waals surface area contributed by atoms with Crippen LogP contribution in [0.15, 0.2) is 42.6 Å². The van der Waals surface area contributed by atoms with Crippen molar-refractivity contribution in [2.45, 2.75) is 19.9 Å². The largest absolute Gasteiger partial charge is 0.497 e. The second-order valence-corrected chi connectivity index (χ2v) is 7.40. The maximum atomic E-state index is 12.2. The molecule has 1 aliphatic rings. The first-order chi connectivity index (χ1) is 14.7. The van der Waals surface area contributed by atoms with Gasteiger partial charge in [-0.05, 0) is 42.8 Å². The Kier molecular flexibility index (Phi) is 6.13. The van der Waals surface area contributed by atoms with E-state index in [2.05, 4.69) is 26.7 Å². The monoisotopic (exact) mass is 408 g/mol. The number of hydrogen-bond acceptors (Lipinski definition) is 5. The summed E-state index contributed by atoms with van der Waals surface area (Å²) in [5.74, 6) is 1.76. The summed E-state index contributed by atoms with van der Waals surface area (Å²) >= 11 is 0. The molecule has 158 valence electrons. The number of aromatic nitrogens is 3. The van der Waals surface area contributed by atoms with E-state index in [1.165, 1.54) is 0 Å². The molecule has 0 saturated carbocycles. The second kappa shape index (κ2) is 9.13. The first-order valence-electron chi connectivity index (χ1n) is 10.4. The number of carbonyl (C=O) groups excluding carboxylic acids is 1. The predicted molar refractivity (Wildman–Crippen MR) is 116 cm³/mol. The van der Waals surface area contributed by atoms with Crippen LogP contribution in [0.1, 0.15) is 19.2 Å². The van der Waals surface area contributed by atoms with E-state index in [4.69, 9.17) is 9.72 Å². The molecule has 3 aromatic rings. The number of ether oxygens (including phenoxy) is 1. The number of benzene rings is 1. The van der Waals surface area contributed by atoms with Crippen LogP contribution in [0, 0.1) is 0 Å². The molecule has 1 fully saturated rings. The lowest BCUT2D eigenvalue weighted by atomic mass is 10.3. The van der Waals surface area contributed by atoms with Gasteiger partial charge in [-0.2, -0.15) is 0 Å². The Morgan fingerprint density at radius 3 is 2.60 bits per heavy atom. The highest BCUT2D eigenvalue weighted by Crippen LogP contribution is 2.23. The van der Waals surface area contributed by atoms with Crippen LogP contribution in [0.4, 0.5) is 4.79 Å². The van der Waals surface area contributed by atoms with Gasteiger partial charge in [-0.25, -0.2) is 14.8 Å². The molecule has 1 aliphatic heterocycles. The van der Waals surface area contributed by atoms with Gasteiger partial charge in [0.2, 0.25) is 0 Å². The summed E-state index contributed by atoms with van der Waals surface area (Å²) in [4.78, 5) is 25.8. The third-order valence-electron chi connectivity index (χ3n) is 5.37. The maximum Gasteiger partial charge on any atom is 0.317 e. The highest BCUT2D eigenvalue weighted by molar-refractivity contribution is 5.74. The lowest BCUT2D eigenvalue weighted by molar-refractivity contribution is 0.133. The Hall–Kier alpha value is -3.13. The number of urea groups is 1. The summed E-state index contributed by atoms with van der Waals surface area (Å²) in [5.41, 5.74) is 2.72. The van der Waals surface area contributed by atoms with E-state index in [9.17, 15) is 4.79 Å². The first-order valence-corrected chi connectivity index (χ1v) is 10.4. The quantitative estimate of drug-likeness (QED) is 0.679. The van der Waals surface area contributed by atoms with Gasteiger partial charge in [0.15, 0.2) is 5.65 Å². The van der Waals surface area contributed by atoms with Gasteiger partial charge in [0.1, 0.15) is 17.1 Å². The number of piperazine rings is 1. The molecule has 0 aliphatic carbocycles. The zero-order valence-corrected chi connectivity index (χ0v) is 17.5. The Morgan fingerprint density at radius 2 is 1.90 bits per heavy atom. The predicted octanol–water partition coefficient (Wildman–Crippen LogP) is 2.67. The normalized spacial score (nSPS) is 14.8. The van der Waals surface area contributed by atoms with Crippen LogP contribution in [0.2, 0.25) is 0 Å². The van der Waals surface area contributed by atoms with Crippen molar-refractivity contribution < 1.29 is 9.53 Å². The molecule has 2 amide bonds. The van der Waals surface area contributed by atoms with Crippen LogP contribution in [0.3, 0.4) is 0 Å². The van der Waals surface area contributed by atoms with Crippen LogP contribution in [0.25, 0.3) is 16.9 Å². The van der Waals surface area contributed by atoms with Gasteiger partial charge >= 0.3 is 6.03 Å². The zero-order chi connectivity index (χ0) is 20.9. The maximum absolute atomic E-state index is 12.2. The van der Waals surface area contributed by atoms with E-state index in [-0.39, 0.29) is 6.03 Å². The molecule has 2 aromatic heterocycles. The summed E-state index contributed by atoms with van der Waals surface area (Å²) in [7, 11) is 1.66. The van der Waals surface area contributed by atoms with E-state index in [1.807, 2.05) is 41.3 Å². The molecule has 1 N–H and O–H groups in total. The van der Waals surface area contributed by atoms with Crippen molar-refractivity contribution in [2.24, 2.45) is 0 Å². The van der Waals surface area contributed by atoms with E-state index in [0.29, 0.717) is 6.54 Å². The van der Waals surface area contributed by atoms with Crippen molar-refractivity contribution in [3.8, 4) is 11.4 Å². The molecule has 0 bridgehead atoms. The van der Waals surface area contributed by atoms with Gasteiger partial charge < -0.3 is 15.0 Å². The topological polar surface area (TPSA) is 75.5 Å². The number of methoxy groups -OCH3 is 1. The summed E-state index contributed by atoms with van der Waals surface area (Å²) < 4.78 is 7.40. The molecule has 8 nitrogen and oxygen atoms in total. The van der Waals surface area contributed by atoms with Crippen molar-refractivity contribution in [1.29, 1.82) is 0 Å². The summed E-state index contributed by atoms with van der Waals surface area (Å²) in [6.07, 6.45) is 2.74. The Morgan fingerprint density at radius 1 is 1.13 bits per heavy atom. The number of pyridine rings is 1. The number of imidazole rings is 1. The lowest BCUT2D eigenvalue weighted by Crippen LogP contribution is -2.51. The number of nitrogens with one attached hydrogen (secondary N) is 1. The Balaban J connectivity index is 1.53. The van der Waals surface area contributed by atoms with Gasteiger partial charge in [0, 0.05) is 44.6 Å². The van der Waals surface area contributed by atoms with Crippen molar-refractivity contribution in [3.05, 3.63) is 48.4 Å². The molecule has 1 aromatic carbocycles. The third-order valence-corrected chi connectivity index (χ3v) is 5.37. The minimum Gasteiger partial charge on any atom is -0.497 e. The minimum atomic E-state index is 0.0335. The van der Waals surface area contributed by atoms with E-state index in [0.717, 1.165) is 67.6 Å². The molecule has 1 saturated heterocycles. The summed E-state index contributed by atoms with van der Waals surface area (Å²) in [6.45, 7) is 6.55. The molecule has 0 unspecified atom stereocenters. The number of rotatable bonds is 6. The number of carbonyl (C=O) groups is 1. The van der Waals surface area contributed by atoms with Crippen LogP contribution in [-0.2, 0) is 6.54 Å². The average Bonchev–Trinajstić information content (AvgIpc) is 3.15. The van der Waals surface area contributed by atoms with Crippen LogP contribution >= 0.6 is 0 Å². The van der Waals surface area contributed by atoms with Gasteiger partial charge in [0.05, 0.1) is 13.7 Å². The number of nitrogens with zero attached hydrogens (tertiary/aromatic N) is 5. The number of amides is 2. The second-order valence-electron chi connectivity index (χ2n) is 7.40. The van der Waals surface area contributed by atoms with Crippen LogP contribution in [0.5, 0.6) is 5.75 Å². The van der Waals surface area contributed by atoms with Crippen LogP contribution in [-0.4, -0.2) is 70.2 Å². The standard InChI is InChI=1S/C22H28N6O2/c1-3-10-24-22(29)27-14-12-26(13-15-27)16-20-25-19-5-4-11-23-21(19)28(20)17-6-8-18(30-2)9-7-17/h4-9,11H,3,10,12-16H2,1-2H3,(H,24,29). The van der Waals surface area contributed by atoms with Crippen LogP contribution < -0.4 is 10.1 Å². The lowest BCUT2D eigenvalue weighted by Gasteiger charge is -2.34. The van der Waals surface area contributed by atoms with E-state index < -0.39 is 0 Å². The number of fused-ring (bicyclic) bond motifs is 1. The molecule has 0 spiro atoms. The Bertz CT molecular complexity index is 993. The summed E-state index contributed by atoms with van der Waals surface area (Å²) in [6, 6.07) is 11.9. The van der Waals surface area contributed by atoms with Gasteiger partial charge in [-0.1, -0.05) is 6.92 Å². The average molecular weight is 409 g/mol. The fraction of sp³-hybridized carbons (Fsp3) is 0.409.